The number of carbonyl (C=O) groups excluding carboxylic acids is 1. The average Bonchev–Trinajstić information content (AvgIpc) is 3.11. The number of nitrogens with zero attached hydrogens (tertiary/aromatic N) is 4. The summed E-state index contributed by atoms with van der Waals surface area (Å²) in [7, 11) is 0. The molecule has 5 aromatic rings. The lowest BCUT2D eigenvalue weighted by atomic mass is 10.2. The van der Waals surface area contributed by atoms with E-state index < -0.39 is 5.91 Å². The fourth-order valence-corrected chi connectivity index (χ4v) is 3.66. The van der Waals surface area contributed by atoms with Crippen molar-refractivity contribution in [1.29, 1.82) is 0 Å². The zero-order valence-electron chi connectivity index (χ0n) is 17.7. The third kappa shape index (κ3) is 4.18. The predicted molar refractivity (Wildman–Crippen MR) is 131 cm³/mol. The van der Waals surface area contributed by atoms with Gasteiger partial charge in [0.05, 0.1) is 17.2 Å². The van der Waals surface area contributed by atoms with Crippen molar-refractivity contribution < 1.29 is 9.18 Å². The van der Waals surface area contributed by atoms with E-state index in [4.69, 9.17) is 17.3 Å². The number of hydrogen-bond acceptors (Lipinski definition) is 5. The average molecular weight is 473 g/mol. The highest BCUT2D eigenvalue weighted by atomic mass is 35.5. The predicted octanol–water partition coefficient (Wildman–Crippen LogP) is 4.77. The molecule has 2 aromatic heterocycles. The van der Waals surface area contributed by atoms with E-state index in [1.807, 2.05) is 36.4 Å². The molecule has 2 heterocycles. The molecule has 0 aliphatic rings. The first-order valence-electron chi connectivity index (χ1n) is 10.4. The van der Waals surface area contributed by atoms with Crippen LogP contribution >= 0.6 is 11.6 Å². The highest BCUT2D eigenvalue weighted by Crippen LogP contribution is 2.28. The Hall–Kier alpha value is -4.30. The van der Waals surface area contributed by atoms with Crippen molar-refractivity contribution >= 4 is 51.7 Å². The minimum absolute atomic E-state index is 0.104. The van der Waals surface area contributed by atoms with Crippen LogP contribution in [-0.2, 0) is 6.54 Å². The Kier molecular flexibility index (Phi) is 5.65. The minimum Gasteiger partial charge on any atom is -0.383 e. The maximum absolute atomic E-state index is 13.2. The van der Waals surface area contributed by atoms with E-state index in [0.717, 1.165) is 11.1 Å². The molecular formula is C25H18ClFN6O. The number of para-hydroxylation sites is 2. The van der Waals surface area contributed by atoms with Crippen molar-refractivity contribution in [3.63, 3.8) is 0 Å². The van der Waals surface area contributed by atoms with E-state index in [1.165, 1.54) is 16.8 Å². The van der Waals surface area contributed by atoms with Gasteiger partial charge in [0.25, 0.3) is 5.91 Å². The Bertz CT molecular complexity index is 1540. The van der Waals surface area contributed by atoms with Crippen LogP contribution in [0.1, 0.15) is 21.5 Å². The standard InChI is InChI=1S/C25H18ClFN6O/c26-17-9-5-16(6-10-17)14-30-33-23(28)21(25(34)29-13-15-7-11-18(27)12-8-15)22-24(33)32-20-4-2-1-3-19(20)31-22/h1-12,14H,13,28H2,(H,29,34)/b30-14+. The molecule has 0 fully saturated rings. The fraction of sp³-hybridized carbons (Fsp3) is 0.0400. The summed E-state index contributed by atoms with van der Waals surface area (Å²) in [4.78, 5) is 22.5. The zero-order valence-corrected chi connectivity index (χ0v) is 18.5. The van der Waals surface area contributed by atoms with Crippen LogP contribution in [-0.4, -0.2) is 26.8 Å². The van der Waals surface area contributed by atoms with Gasteiger partial charge in [-0.2, -0.15) is 9.78 Å². The number of rotatable bonds is 5. The third-order valence-electron chi connectivity index (χ3n) is 5.26. The first-order chi connectivity index (χ1) is 16.5. The summed E-state index contributed by atoms with van der Waals surface area (Å²) in [5.74, 6) is -0.674. The van der Waals surface area contributed by atoms with Gasteiger partial charge in [-0.3, -0.25) is 4.79 Å². The van der Waals surface area contributed by atoms with E-state index in [0.29, 0.717) is 27.2 Å². The van der Waals surface area contributed by atoms with E-state index in [9.17, 15) is 9.18 Å². The van der Waals surface area contributed by atoms with Crippen LogP contribution in [0.2, 0.25) is 5.02 Å². The second-order valence-corrected chi connectivity index (χ2v) is 8.00. The van der Waals surface area contributed by atoms with Crippen molar-refractivity contribution in [3.05, 3.63) is 100 Å². The molecular weight excluding hydrogens is 455 g/mol. The molecule has 0 bridgehead atoms. The number of benzene rings is 3. The minimum atomic E-state index is -0.433. The SMILES string of the molecule is Nc1c(C(=O)NCc2ccc(F)cc2)c2nc3ccccc3nc2n1/N=C/c1ccc(Cl)cc1. The molecule has 3 N–H and O–H groups in total. The molecule has 34 heavy (non-hydrogen) atoms. The molecule has 0 aliphatic heterocycles. The third-order valence-corrected chi connectivity index (χ3v) is 5.51. The van der Waals surface area contributed by atoms with E-state index in [1.54, 1.807) is 30.5 Å². The number of carbonyl (C=O) groups is 1. The Morgan fingerprint density at radius 2 is 1.71 bits per heavy atom. The lowest BCUT2D eigenvalue weighted by Gasteiger charge is -2.06. The Morgan fingerprint density at radius 1 is 1.03 bits per heavy atom. The Morgan fingerprint density at radius 3 is 2.41 bits per heavy atom. The summed E-state index contributed by atoms with van der Waals surface area (Å²) in [6, 6.07) is 20.3. The van der Waals surface area contributed by atoms with Gasteiger partial charge in [-0.05, 0) is 47.5 Å². The number of amides is 1. The molecule has 7 nitrogen and oxygen atoms in total. The first-order valence-corrected chi connectivity index (χ1v) is 10.8. The zero-order chi connectivity index (χ0) is 23.7. The van der Waals surface area contributed by atoms with Gasteiger partial charge in [0.2, 0.25) is 0 Å². The van der Waals surface area contributed by atoms with Crippen molar-refractivity contribution in [1.82, 2.24) is 20.0 Å². The van der Waals surface area contributed by atoms with Crippen LogP contribution < -0.4 is 11.1 Å². The van der Waals surface area contributed by atoms with Crippen LogP contribution in [0.3, 0.4) is 0 Å². The number of hydrogen-bond donors (Lipinski definition) is 2. The molecule has 0 unspecified atom stereocenters. The van der Waals surface area contributed by atoms with E-state index in [2.05, 4.69) is 20.4 Å². The van der Waals surface area contributed by atoms with Gasteiger partial charge in [-0.15, -0.1) is 0 Å². The lowest BCUT2D eigenvalue weighted by Crippen LogP contribution is -2.23. The molecule has 0 saturated heterocycles. The van der Waals surface area contributed by atoms with Crippen molar-refractivity contribution in [2.45, 2.75) is 6.54 Å². The van der Waals surface area contributed by atoms with E-state index >= 15 is 0 Å². The van der Waals surface area contributed by atoms with Gasteiger partial charge in [0, 0.05) is 11.6 Å². The second kappa shape index (κ2) is 8.92. The monoisotopic (exact) mass is 472 g/mol. The summed E-state index contributed by atoms with van der Waals surface area (Å²) < 4.78 is 14.6. The maximum Gasteiger partial charge on any atom is 0.257 e. The molecule has 168 valence electrons. The summed E-state index contributed by atoms with van der Waals surface area (Å²) in [6.07, 6.45) is 1.60. The van der Waals surface area contributed by atoms with Gasteiger partial charge < -0.3 is 11.1 Å². The molecule has 0 radical (unpaired) electrons. The van der Waals surface area contributed by atoms with Crippen LogP contribution in [0.25, 0.3) is 22.2 Å². The number of anilines is 1. The van der Waals surface area contributed by atoms with Crippen molar-refractivity contribution in [2.75, 3.05) is 5.73 Å². The number of nitrogen functional groups attached to an aromatic ring is 1. The molecule has 5 rings (SSSR count). The highest BCUT2D eigenvalue weighted by Gasteiger charge is 2.24. The summed E-state index contributed by atoms with van der Waals surface area (Å²) in [5.41, 5.74) is 10.1. The van der Waals surface area contributed by atoms with Gasteiger partial charge in [0.15, 0.2) is 5.65 Å². The van der Waals surface area contributed by atoms with Crippen LogP contribution in [0.5, 0.6) is 0 Å². The second-order valence-electron chi connectivity index (χ2n) is 7.56. The lowest BCUT2D eigenvalue weighted by molar-refractivity contribution is 0.0953. The number of aromatic nitrogens is 3. The normalized spacial score (nSPS) is 11.5. The largest absolute Gasteiger partial charge is 0.383 e. The molecule has 0 spiro atoms. The van der Waals surface area contributed by atoms with Gasteiger partial charge >= 0.3 is 0 Å². The van der Waals surface area contributed by atoms with Crippen LogP contribution in [0.4, 0.5) is 10.2 Å². The first kappa shape index (κ1) is 21.5. The molecule has 0 atom stereocenters. The van der Waals surface area contributed by atoms with Gasteiger partial charge in [-0.1, -0.05) is 48.0 Å². The van der Waals surface area contributed by atoms with Gasteiger partial charge in [0.1, 0.15) is 22.7 Å². The number of fused-ring (bicyclic) bond motifs is 2. The van der Waals surface area contributed by atoms with Crippen molar-refractivity contribution in [3.8, 4) is 0 Å². The fourth-order valence-electron chi connectivity index (χ4n) is 3.53. The molecule has 3 aromatic carbocycles. The Labute approximate surface area is 198 Å². The quantitative estimate of drug-likeness (QED) is 0.360. The number of halogens is 2. The summed E-state index contributed by atoms with van der Waals surface area (Å²) in [5, 5.41) is 7.90. The number of nitrogens with two attached hydrogens (primary N) is 1. The Balaban J connectivity index is 1.57. The van der Waals surface area contributed by atoms with Crippen LogP contribution in [0, 0.1) is 5.82 Å². The van der Waals surface area contributed by atoms with Crippen LogP contribution in [0.15, 0.2) is 77.9 Å². The topological polar surface area (TPSA) is 98.2 Å². The number of nitrogens with one attached hydrogen (secondary N) is 1. The smallest absolute Gasteiger partial charge is 0.257 e. The highest BCUT2D eigenvalue weighted by molar-refractivity contribution is 6.30. The summed E-state index contributed by atoms with van der Waals surface area (Å²) in [6.45, 7) is 0.195. The van der Waals surface area contributed by atoms with E-state index in [-0.39, 0.29) is 23.7 Å². The maximum atomic E-state index is 13.2. The van der Waals surface area contributed by atoms with Gasteiger partial charge in [-0.25, -0.2) is 14.4 Å². The molecule has 1 amide bonds. The molecule has 9 heteroatoms. The molecule has 0 saturated carbocycles. The molecule has 0 aliphatic carbocycles. The summed E-state index contributed by atoms with van der Waals surface area (Å²) >= 11 is 5.96. The van der Waals surface area contributed by atoms with Crippen molar-refractivity contribution in [2.24, 2.45) is 5.10 Å².